The number of nitrogens with zero attached hydrogens (tertiary/aromatic N) is 1. The van der Waals surface area contributed by atoms with Gasteiger partial charge in [-0.15, -0.1) is 0 Å². The van der Waals surface area contributed by atoms with Gasteiger partial charge in [0.25, 0.3) is 0 Å². The van der Waals surface area contributed by atoms with E-state index in [1.807, 2.05) is 4.90 Å². The Morgan fingerprint density at radius 2 is 2.40 bits per heavy atom. The Hall–Kier alpha value is -0.610. The molecule has 88 valence electrons. The van der Waals surface area contributed by atoms with Gasteiger partial charge in [-0.25, -0.2) is 0 Å². The van der Waals surface area contributed by atoms with Crippen LogP contribution in [0.1, 0.15) is 32.6 Å². The molecule has 0 aromatic carbocycles. The molecule has 0 saturated carbocycles. The van der Waals surface area contributed by atoms with Crippen LogP contribution in [0.3, 0.4) is 0 Å². The summed E-state index contributed by atoms with van der Waals surface area (Å²) < 4.78 is 0. The molecule has 1 unspecified atom stereocenters. The van der Waals surface area contributed by atoms with Crippen molar-refractivity contribution in [2.45, 2.75) is 38.6 Å². The molecule has 0 spiro atoms. The lowest BCUT2D eigenvalue weighted by Gasteiger charge is -2.28. The molecule has 4 heteroatoms. The molecule has 15 heavy (non-hydrogen) atoms. The predicted octanol–water partition coefficient (Wildman–Crippen LogP) is 0.326. The second kappa shape index (κ2) is 6.80. The van der Waals surface area contributed by atoms with Gasteiger partial charge in [-0.2, -0.15) is 0 Å². The minimum atomic E-state index is 0.274. The molecule has 0 aliphatic carbocycles. The zero-order chi connectivity index (χ0) is 11.1. The Bertz CT molecular complexity index is 190. The largest absolute Gasteiger partial charge is 0.338 e. The van der Waals surface area contributed by atoms with Crippen LogP contribution in [0.15, 0.2) is 0 Å². The van der Waals surface area contributed by atoms with Gasteiger partial charge >= 0.3 is 0 Å². The number of hydrogen-bond donors (Lipinski definition) is 2. The molecular weight excluding hydrogens is 190 g/mol. The molecule has 1 aliphatic heterocycles. The summed E-state index contributed by atoms with van der Waals surface area (Å²) in [6.07, 6.45) is 3.53. The molecule has 3 N–H and O–H groups in total. The lowest BCUT2D eigenvalue weighted by atomic mass is 10.1. The SMILES string of the molecule is CCCN(C(=O)CCCN)C1CCNC1. The van der Waals surface area contributed by atoms with E-state index in [4.69, 9.17) is 5.73 Å². The molecule has 1 aliphatic rings. The summed E-state index contributed by atoms with van der Waals surface area (Å²) in [5.41, 5.74) is 5.42. The fourth-order valence-corrected chi connectivity index (χ4v) is 2.05. The topological polar surface area (TPSA) is 58.4 Å². The van der Waals surface area contributed by atoms with E-state index in [1.54, 1.807) is 0 Å². The third-order valence-corrected chi connectivity index (χ3v) is 2.85. The molecule has 1 atom stereocenters. The number of carbonyl (C=O) groups is 1. The highest BCUT2D eigenvalue weighted by Crippen LogP contribution is 2.11. The Labute approximate surface area is 92.2 Å². The Balaban J connectivity index is 2.43. The number of nitrogens with two attached hydrogens (primary N) is 1. The number of rotatable bonds is 6. The van der Waals surface area contributed by atoms with Gasteiger partial charge in [0.1, 0.15) is 0 Å². The summed E-state index contributed by atoms with van der Waals surface area (Å²) >= 11 is 0. The number of carbonyl (C=O) groups excluding carboxylic acids is 1. The zero-order valence-corrected chi connectivity index (χ0v) is 9.67. The molecule has 1 rings (SSSR count). The summed E-state index contributed by atoms with van der Waals surface area (Å²) in [4.78, 5) is 14.0. The first-order valence-electron chi connectivity index (χ1n) is 5.99. The quantitative estimate of drug-likeness (QED) is 0.668. The standard InChI is InChI=1S/C11H23N3O/c1-2-8-14(10-5-7-13-9-10)11(15)4-3-6-12/h10,13H,2-9,12H2,1H3. The van der Waals surface area contributed by atoms with Gasteiger partial charge in [-0.1, -0.05) is 6.92 Å². The van der Waals surface area contributed by atoms with Crippen molar-refractivity contribution in [1.29, 1.82) is 0 Å². The molecule has 0 bridgehead atoms. The molecule has 0 aromatic rings. The normalized spacial score (nSPS) is 20.5. The maximum atomic E-state index is 11.9. The fraction of sp³-hybridized carbons (Fsp3) is 0.909. The minimum Gasteiger partial charge on any atom is -0.338 e. The van der Waals surface area contributed by atoms with E-state index < -0.39 is 0 Å². The highest BCUT2D eigenvalue weighted by Gasteiger charge is 2.24. The van der Waals surface area contributed by atoms with Crippen molar-refractivity contribution in [2.24, 2.45) is 5.73 Å². The Kier molecular flexibility index (Phi) is 5.65. The van der Waals surface area contributed by atoms with Crippen molar-refractivity contribution in [1.82, 2.24) is 10.2 Å². The first kappa shape index (κ1) is 12.5. The summed E-state index contributed by atoms with van der Waals surface area (Å²) in [6.45, 7) is 5.60. The van der Waals surface area contributed by atoms with E-state index in [1.165, 1.54) is 0 Å². The molecule has 4 nitrogen and oxygen atoms in total. The highest BCUT2D eigenvalue weighted by molar-refractivity contribution is 5.76. The second-order valence-electron chi connectivity index (χ2n) is 4.13. The van der Waals surface area contributed by atoms with Crippen LogP contribution >= 0.6 is 0 Å². The first-order valence-corrected chi connectivity index (χ1v) is 5.99. The van der Waals surface area contributed by atoms with Crippen molar-refractivity contribution in [3.8, 4) is 0 Å². The van der Waals surface area contributed by atoms with E-state index in [0.717, 1.165) is 38.9 Å². The van der Waals surface area contributed by atoms with Gasteiger partial charge in [0.15, 0.2) is 0 Å². The van der Waals surface area contributed by atoms with Gasteiger partial charge in [-0.3, -0.25) is 4.79 Å². The monoisotopic (exact) mass is 213 g/mol. The number of nitrogens with one attached hydrogen (secondary N) is 1. The summed E-state index contributed by atoms with van der Waals surface area (Å²) in [6, 6.07) is 0.412. The molecule has 0 radical (unpaired) electrons. The third-order valence-electron chi connectivity index (χ3n) is 2.85. The molecule has 1 saturated heterocycles. The molecule has 1 heterocycles. The smallest absolute Gasteiger partial charge is 0.222 e. The van der Waals surface area contributed by atoms with E-state index in [2.05, 4.69) is 12.2 Å². The summed E-state index contributed by atoms with van der Waals surface area (Å²) in [7, 11) is 0. The van der Waals surface area contributed by atoms with Gasteiger partial charge < -0.3 is 16.0 Å². The molecule has 1 fully saturated rings. The lowest BCUT2D eigenvalue weighted by Crippen LogP contribution is -2.42. The van der Waals surface area contributed by atoms with Gasteiger partial charge in [0, 0.05) is 25.6 Å². The van der Waals surface area contributed by atoms with Crippen LogP contribution < -0.4 is 11.1 Å². The van der Waals surface area contributed by atoms with Gasteiger partial charge in [0.05, 0.1) is 0 Å². The zero-order valence-electron chi connectivity index (χ0n) is 9.67. The van der Waals surface area contributed by atoms with Crippen LogP contribution in [0.2, 0.25) is 0 Å². The predicted molar refractivity (Wildman–Crippen MR) is 61.6 cm³/mol. The van der Waals surface area contributed by atoms with Crippen LogP contribution in [0.25, 0.3) is 0 Å². The second-order valence-corrected chi connectivity index (χ2v) is 4.13. The fourth-order valence-electron chi connectivity index (χ4n) is 2.05. The van der Waals surface area contributed by atoms with E-state index >= 15 is 0 Å². The summed E-state index contributed by atoms with van der Waals surface area (Å²) in [5, 5.41) is 3.30. The van der Waals surface area contributed by atoms with Crippen molar-refractivity contribution >= 4 is 5.91 Å². The Morgan fingerprint density at radius 3 is 2.93 bits per heavy atom. The minimum absolute atomic E-state index is 0.274. The average molecular weight is 213 g/mol. The van der Waals surface area contributed by atoms with Gasteiger partial charge in [0.2, 0.25) is 5.91 Å². The maximum Gasteiger partial charge on any atom is 0.222 e. The average Bonchev–Trinajstić information content (AvgIpc) is 2.75. The molecular formula is C11H23N3O. The first-order chi connectivity index (χ1) is 7.29. The summed E-state index contributed by atoms with van der Waals surface area (Å²) in [5.74, 6) is 0.274. The van der Waals surface area contributed by atoms with E-state index in [0.29, 0.717) is 19.0 Å². The van der Waals surface area contributed by atoms with E-state index in [9.17, 15) is 4.79 Å². The third kappa shape index (κ3) is 3.80. The Morgan fingerprint density at radius 1 is 1.60 bits per heavy atom. The van der Waals surface area contributed by atoms with Crippen LogP contribution in [0.5, 0.6) is 0 Å². The van der Waals surface area contributed by atoms with Crippen molar-refractivity contribution in [2.75, 3.05) is 26.2 Å². The molecule has 0 aromatic heterocycles. The number of hydrogen-bond acceptors (Lipinski definition) is 3. The van der Waals surface area contributed by atoms with Crippen LogP contribution in [-0.2, 0) is 4.79 Å². The number of amides is 1. The van der Waals surface area contributed by atoms with Crippen molar-refractivity contribution < 1.29 is 4.79 Å². The van der Waals surface area contributed by atoms with Gasteiger partial charge in [-0.05, 0) is 32.4 Å². The lowest BCUT2D eigenvalue weighted by molar-refractivity contribution is -0.133. The molecule has 1 amide bonds. The van der Waals surface area contributed by atoms with Crippen molar-refractivity contribution in [3.63, 3.8) is 0 Å². The highest BCUT2D eigenvalue weighted by atomic mass is 16.2. The van der Waals surface area contributed by atoms with Crippen LogP contribution in [0, 0.1) is 0 Å². The maximum absolute atomic E-state index is 11.9. The van der Waals surface area contributed by atoms with Crippen molar-refractivity contribution in [3.05, 3.63) is 0 Å². The van der Waals surface area contributed by atoms with Crippen LogP contribution in [0.4, 0.5) is 0 Å². The van der Waals surface area contributed by atoms with E-state index in [-0.39, 0.29) is 5.91 Å². The van der Waals surface area contributed by atoms with Crippen LogP contribution in [-0.4, -0.2) is 43.0 Å².